The summed E-state index contributed by atoms with van der Waals surface area (Å²) in [5.74, 6) is 2.11. The second kappa shape index (κ2) is 2.35. The largest absolute Gasteiger partial charge is 0.399 e. The van der Waals surface area contributed by atoms with E-state index in [1.807, 2.05) is 11.8 Å². The molecule has 2 heteroatoms. The third-order valence-electron chi connectivity index (χ3n) is 2.08. The predicted octanol–water partition coefficient (Wildman–Crippen LogP) is 1.87. The molecule has 0 spiro atoms. The Morgan fingerprint density at radius 2 is 2.50 bits per heavy atom. The Kier molecular flexibility index (Phi) is 1.49. The Morgan fingerprint density at radius 3 is 3.40 bits per heavy atom. The minimum atomic E-state index is 0.817. The van der Waals surface area contributed by atoms with Crippen LogP contribution in [-0.4, -0.2) is 5.75 Å². The van der Waals surface area contributed by atoms with Gasteiger partial charge in [-0.2, -0.15) is 0 Å². The molecule has 1 saturated heterocycles. The zero-order valence-electron chi connectivity index (χ0n) is 5.84. The van der Waals surface area contributed by atoms with Crippen LogP contribution in [0.15, 0.2) is 22.8 Å². The average molecular weight is 153 g/mol. The summed E-state index contributed by atoms with van der Waals surface area (Å²) in [7, 11) is 0. The summed E-state index contributed by atoms with van der Waals surface area (Å²) in [5.41, 5.74) is 6.62. The van der Waals surface area contributed by atoms with Gasteiger partial charge in [-0.25, -0.2) is 0 Å². The first-order valence-electron chi connectivity index (χ1n) is 3.66. The van der Waals surface area contributed by atoms with Crippen LogP contribution in [0.1, 0.15) is 12.8 Å². The maximum Gasteiger partial charge on any atom is 0.0281 e. The molecule has 2 rings (SSSR count). The van der Waals surface area contributed by atoms with Crippen molar-refractivity contribution >= 4 is 11.8 Å². The predicted molar refractivity (Wildman–Crippen MR) is 45.5 cm³/mol. The van der Waals surface area contributed by atoms with Crippen LogP contribution in [0.2, 0.25) is 0 Å². The van der Waals surface area contributed by atoms with Crippen molar-refractivity contribution in [3.05, 3.63) is 22.8 Å². The van der Waals surface area contributed by atoms with Crippen LogP contribution >= 0.6 is 11.8 Å². The van der Waals surface area contributed by atoms with Gasteiger partial charge in [0.15, 0.2) is 0 Å². The summed E-state index contributed by atoms with van der Waals surface area (Å²) in [4.78, 5) is 1.51. The van der Waals surface area contributed by atoms with E-state index in [-0.39, 0.29) is 0 Å². The Labute approximate surface area is 65.4 Å². The highest BCUT2D eigenvalue weighted by atomic mass is 32.2. The molecule has 0 aromatic heterocycles. The van der Waals surface area contributed by atoms with Gasteiger partial charge >= 0.3 is 0 Å². The van der Waals surface area contributed by atoms with E-state index in [0.717, 1.165) is 11.6 Å². The third-order valence-corrected chi connectivity index (χ3v) is 3.31. The molecule has 2 aliphatic rings. The van der Waals surface area contributed by atoms with Crippen LogP contribution < -0.4 is 5.73 Å². The molecule has 1 nitrogen and oxygen atoms in total. The average Bonchev–Trinajstić information content (AvgIpc) is 2.33. The molecule has 0 aromatic rings. The number of fused-ring (bicyclic) bond motifs is 1. The molecule has 1 heterocycles. The lowest BCUT2D eigenvalue weighted by atomic mass is 9.97. The number of thioether (sulfide) groups is 1. The Morgan fingerprint density at radius 1 is 1.60 bits per heavy atom. The van der Waals surface area contributed by atoms with Gasteiger partial charge in [-0.3, -0.25) is 0 Å². The first-order chi connectivity index (χ1) is 4.86. The van der Waals surface area contributed by atoms with Crippen LogP contribution in [0.25, 0.3) is 0 Å². The molecule has 0 bridgehead atoms. The van der Waals surface area contributed by atoms with E-state index >= 15 is 0 Å². The Hall–Kier alpha value is -0.370. The topological polar surface area (TPSA) is 26.0 Å². The number of hydrogen-bond acceptors (Lipinski definition) is 2. The SMILES string of the molecule is NC1=CCC2CCSC2=C1. The fraction of sp³-hybridized carbons (Fsp3) is 0.500. The monoisotopic (exact) mass is 153 g/mol. The molecular weight excluding hydrogens is 142 g/mol. The van der Waals surface area contributed by atoms with Gasteiger partial charge in [0.25, 0.3) is 0 Å². The van der Waals surface area contributed by atoms with Gasteiger partial charge in [-0.15, -0.1) is 11.8 Å². The van der Waals surface area contributed by atoms with Crippen LogP contribution in [-0.2, 0) is 0 Å². The molecule has 1 fully saturated rings. The van der Waals surface area contributed by atoms with Crippen molar-refractivity contribution in [2.24, 2.45) is 11.7 Å². The van der Waals surface area contributed by atoms with Crippen LogP contribution in [0.4, 0.5) is 0 Å². The minimum Gasteiger partial charge on any atom is -0.399 e. The highest BCUT2D eigenvalue weighted by Gasteiger charge is 2.22. The molecule has 54 valence electrons. The van der Waals surface area contributed by atoms with Gasteiger partial charge in [0.2, 0.25) is 0 Å². The Balaban J connectivity index is 2.24. The number of rotatable bonds is 0. The maximum atomic E-state index is 5.66. The van der Waals surface area contributed by atoms with Crippen LogP contribution in [0.3, 0.4) is 0 Å². The molecule has 1 unspecified atom stereocenters. The summed E-state index contributed by atoms with van der Waals surface area (Å²) in [6.45, 7) is 0. The number of allylic oxidation sites excluding steroid dienone is 3. The zero-order chi connectivity index (χ0) is 6.97. The summed E-state index contributed by atoms with van der Waals surface area (Å²) in [5, 5.41) is 0. The minimum absolute atomic E-state index is 0.817. The lowest BCUT2D eigenvalue weighted by Crippen LogP contribution is -2.04. The number of nitrogens with two attached hydrogens (primary N) is 1. The summed E-state index contributed by atoms with van der Waals surface area (Å²) < 4.78 is 0. The molecule has 0 aromatic carbocycles. The van der Waals surface area contributed by atoms with E-state index in [1.165, 1.54) is 23.5 Å². The smallest absolute Gasteiger partial charge is 0.0281 e. The summed E-state index contributed by atoms with van der Waals surface area (Å²) in [6.07, 6.45) is 6.79. The van der Waals surface area contributed by atoms with E-state index in [2.05, 4.69) is 12.2 Å². The lowest BCUT2D eigenvalue weighted by molar-refractivity contribution is 0.643. The van der Waals surface area contributed by atoms with Gasteiger partial charge in [0, 0.05) is 5.70 Å². The van der Waals surface area contributed by atoms with Gasteiger partial charge < -0.3 is 5.73 Å². The maximum absolute atomic E-state index is 5.66. The van der Waals surface area contributed by atoms with Crippen molar-refractivity contribution in [1.82, 2.24) is 0 Å². The molecule has 0 saturated carbocycles. The molecular formula is C8H11NS. The third kappa shape index (κ3) is 0.966. The fourth-order valence-corrected chi connectivity index (χ4v) is 2.78. The summed E-state index contributed by atoms with van der Waals surface area (Å²) in [6, 6.07) is 0. The molecule has 0 radical (unpaired) electrons. The van der Waals surface area contributed by atoms with Gasteiger partial charge in [-0.1, -0.05) is 6.08 Å². The Bertz CT molecular complexity index is 205. The molecule has 0 amide bonds. The highest BCUT2D eigenvalue weighted by molar-refractivity contribution is 8.03. The first kappa shape index (κ1) is 6.35. The lowest BCUT2D eigenvalue weighted by Gasteiger charge is -2.13. The van der Waals surface area contributed by atoms with E-state index in [1.54, 1.807) is 0 Å². The van der Waals surface area contributed by atoms with Gasteiger partial charge in [0.1, 0.15) is 0 Å². The fourth-order valence-electron chi connectivity index (χ4n) is 1.47. The van der Waals surface area contributed by atoms with Crippen molar-refractivity contribution in [1.29, 1.82) is 0 Å². The standard InChI is InChI=1S/C8H11NS/c9-7-2-1-6-3-4-10-8(6)5-7/h2,5-6H,1,3-4,9H2. The zero-order valence-corrected chi connectivity index (χ0v) is 6.66. The highest BCUT2D eigenvalue weighted by Crippen LogP contribution is 2.40. The van der Waals surface area contributed by atoms with Crippen molar-refractivity contribution in [2.75, 3.05) is 5.75 Å². The van der Waals surface area contributed by atoms with Crippen LogP contribution in [0.5, 0.6) is 0 Å². The van der Waals surface area contributed by atoms with Crippen LogP contribution in [0, 0.1) is 5.92 Å². The van der Waals surface area contributed by atoms with E-state index in [0.29, 0.717) is 0 Å². The second-order valence-electron chi connectivity index (χ2n) is 2.82. The molecule has 1 aliphatic heterocycles. The first-order valence-corrected chi connectivity index (χ1v) is 4.65. The van der Waals surface area contributed by atoms with E-state index in [9.17, 15) is 0 Å². The second-order valence-corrected chi connectivity index (χ2v) is 3.99. The molecule has 2 N–H and O–H groups in total. The molecule has 10 heavy (non-hydrogen) atoms. The van der Waals surface area contributed by atoms with Crippen molar-refractivity contribution in [3.63, 3.8) is 0 Å². The van der Waals surface area contributed by atoms with Crippen molar-refractivity contribution < 1.29 is 0 Å². The van der Waals surface area contributed by atoms with E-state index < -0.39 is 0 Å². The van der Waals surface area contributed by atoms with E-state index in [4.69, 9.17) is 5.73 Å². The normalized spacial score (nSPS) is 31.0. The van der Waals surface area contributed by atoms with Crippen molar-refractivity contribution in [3.8, 4) is 0 Å². The molecule has 1 atom stereocenters. The quantitative estimate of drug-likeness (QED) is 0.575. The summed E-state index contributed by atoms with van der Waals surface area (Å²) >= 11 is 1.97. The number of hydrogen-bond donors (Lipinski definition) is 1. The van der Waals surface area contributed by atoms with Crippen molar-refractivity contribution in [2.45, 2.75) is 12.8 Å². The van der Waals surface area contributed by atoms with Gasteiger partial charge in [0.05, 0.1) is 0 Å². The molecule has 1 aliphatic carbocycles. The van der Waals surface area contributed by atoms with Gasteiger partial charge in [-0.05, 0) is 35.5 Å².